The van der Waals surface area contributed by atoms with E-state index in [1.807, 2.05) is 43.3 Å². The first kappa shape index (κ1) is 37.1. The number of carbonyl (C=O) groups excluding carboxylic acids is 2. The summed E-state index contributed by atoms with van der Waals surface area (Å²) in [5.41, 5.74) is 3.18. The molecule has 7 nitrogen and oxygen atoms in total. The smallest absolute Gasteiger partial charge is 0.342 e. The number of carbonyl (C=O) groups is 2. The maximum absolute atomic E-state index is 11.5. The number of aliphatic hydroxyl groups is 3. The SMILES string of the molecule is C=C(O)Cc1ccc(CO)cc1.C=C/C=C\C(=C)C(=O)OC1=CCC=C1C.C=CC(=O)OCCCCCCCCO. The Morgan fingerprint density at radius 3 is 2.05 bits per heavy atom. The van der Waals surface area contributed by atoms with Crippen LogP contribution in [0.3, 0.4) is 0 Å². The summed E-state index contributed by atoms with van der Waals surface area (Å²) in [5.74, 6) is 0.0270. The van der Waals surface area contributed by atoms with Crippen molar-refractivity contribution in [1.29, 1.82) is 0 Å². The van der Waals surface area contributed by atoms with Gasteiger partial charge in [-0.2, -0.15) is 0 Å². The van der Waals surface area contributed by atoms with Crippen LogP contribution in [0.15, 0.2) is 110 Å². The number of rotatable bonds is 16. The molecule has 0 amide bonds. The number of hydrogen-bond acceptors (Lipinski definition) is 7. The lowest BCUT2D eigenvalue weighted by Gasteiger charge is -2.05. The summed E-state index contributed by atoms with van der Waals surface area (Å²) in [6, 6.07) is 7.40. The monoisotopic (exact) mass is 566 g/mol. The Kier molecular flexibility index (Phi) is 21.6. The van der Waals surface area contributed by atoms with Crippen LogP contribution in [-0.2, 0) is 32.1 Å². The molecule has 1 aromatic carbocycles. The van der Waals surface area contributed by atoms with E-state index in [2.05, 4.69) is 26.3 Å². The van der Waals surface area contributed by atoms with E-state index in [0.717, 1.165) is 61.6 Å². The van der Waals surface area contributed by atoms with Crippen molar-refractivity contribution in [2.45, 2.75) is 64.9 Å². The Bertz CT molecular complexity index is 1060. The summed E-state index contributed by atoms with van der Waals surface area (Å²) in [4.78, 5) is 22.1. The first-order chi connectivity index (χ1) is 19.7. The van der Waals surface area contributed by atoms with Gasteiger partial charge in [-0.05, 0) is 55.0 Å². The lowest BCUT2D eigenvalue weighted by atomic mass is 10.1. The van der Waals surface area contributed by atoms with Crippen LogP contribution < -0.4 is 0 Å². The van der Waals surface area contributed by atoms with E-state index in [4.69, 9.17) is 24.8 Å². The van der Waals surface area contributed by atoms with Crippen LogP contribution in [0, 0.1) is 0 Å². The van der Waals surface area contributed by atoms with Gasteiger partial charge in [0.05, 0.1) is 24.5 Å². The third-order valence-corrected chi connectivity index (χ3v) is 5.59. The molecule has 0 atom stereocenters. The van der Waals surface area contributed by atoms with E-state index in [9.17, 15) is 9.59 Å². The van der Waals surface area contributed by atoms with Crippen LogP contribution in [0.5, 0.6) is 0 Å². The Morgan fingerprint density at radius 2 is 1.54 bits per heavy atom. The number of ether oxygens (including phenoxy) is 2. The van der Waals surface area contributed by atoms with Gasteiger partial charge in [-0.15, -0.1) is 0 Å². The number of allylic oxidation sites excluding steroid dienone is 6. The van der Waals surface area contributed by atoms with E-state index in [1.54, 1.807) is 18.2 Å². The van der Waals surface area contributed by atoms with Gasteiger partial charge in [-0.25, -0.2) is 9.59 Å². The standard InChI is InChI=1S/C13H14O2.C11H20O3.C10H12O2/c1-4-5-7-11(3)13(14)15-12-9-6-8-10(12)2;1-2-11(13)14-10-8-6-4-3-5-7-9-12;1-8(12)6-9-2-4-10(7-11)5-3-9/h4-5,7-9H,1,3,6H2,2H3;2,12H,1,3-10H2;2-5,11-12H,1,6-7H2/b7-5-;;. The zero-order chi connectivity index (χ0) is 30.9. The molecule has 1 aromatic rings. The maximum atomic E-state index is 11.5. The van der Waals surface area contributed by atoms with Crippen LogP contribution >= 0.6 is 0 Å². The Hall–Kier alpha value is -3.94. The predicted molar refractivity (Wildman–Crippen MR) is 165 cm³/mol. The largest absolute Gasteiger partial charge is 0.513 e. The number of unbranched alkanes of at least 4 members (excludes halogenated alkanes) is 5. The van der Waals surface area contributed by atoms with Gasteiger partial charge in [0.2, 0.25) is 0 Å². The fraction of sp³-hybridized carbons (Fsp3) is 0.353. The third-order valence-electron chi connectivity index (χ3n) is 5.59. The molecule has 0 heterocycles. The van der Waals surface area contributed by atoms with Gasteiger partial charge in [0, 0.05) is 19.1 Å². The van der Waals surface area contributed by atoms with E-state index >= 15 is 0 Å². The predicted octanol–water partition coefficient (Wildman–Crippen LogP) is 6.90. The van der Waals surface area contributed by atoms with Crippen molar-refractivity contribution in [2.24, 2.45) is 0 Å². The van der Waals surface area contributed by atoms with Crippen molar-refractivity contribution in [3.8, 4) is 0 Å². The number of aliphatic hydroxyl groups excluding tert-OH is 3. The van der Waals surface area contributed by atoms with E-state index in [-0.39, 0.29) is 24.9 Å². The molecule has 0 saturated carbocycles. The quantitative estimate of drug-likeness (QED) is 0.0655. The van der Waals surface area contributed by atoms with Gasteiger partial charge in [0.25, 0.3) is 0 Å². The number of esters is 2. The number of benzene rings is 1. The molecule has 0 saturated heterocycles. The summed E-state index contributed by atoms with van der Waals surface area (Å²) < 4.78 is 9.97. The molecular weight excluding hydrogens is 520 g/mol. The molecule has 0 bridgehead atoms. The average molecular weight is 567 g/mol. The lowest BCUT2D eigenvalue weighted by molar-refractivity contribution is -0.138. The summed E-state index contributed by atoms with van der Waals surface area (Å²) in [5, 5.41) is 26.2. The highest BCUT2D eigenvalue weighted by Crippen LogP contribution is 2.20. The zero-order valence-corrected chi connectivity index (χ0v) is 24.4. The normalized spacial score (nSPS) is 11.6. The summed E-state index contributed by atoms with van der Waals surface area (Å²) in [6.45, 7) is 16.6. The minimum Gasteiger partial charge on any atom is -0.513 e. The fourth-order valence-corrected chi connectivity index (χ4v) is 3.29. The van der Waals surface area contributed by atoms with Gasteiger partial charge in [-0.1, -0.05) is 94.5 Å². The molecule has 0 aromatic heterocycles. The second-order valence-corrected chi connectivity index (χ2v) is 9.13. The van der Waals surface area contributed by atoms with Crippen molar-refractivity contribution in [3.63, 3.8) is 0 Å². The highest BCUT2D eigenvalue weighted by atomic mass is 16.5. The molecule has 41 heavy (non-hydrogen) atoms. The third kappa shape index (κ3) is 19.7. The highest BCUT2D eigenvalue weighted by molar-refractivity contribution is 5.91. The summed E-state index contributed by atoms with van der Waals surface area (Å²) in [7, 11) is 0. The molecule has 1 aliphatic carbocycles. The molecule has 224 valence electrons. The molecule has 0 spiro atoms. The van der Waals surface area contributed by atoms with Gasteiger partial charge >= 0.3 is 11.9 Å². The molecule has 0 aliphatic heterocycles. The molecule has 0 radical (unpaired) electrons. The summed E-state index contributed by atoms with van der Waals surface area (Å²) >= 11 is 0. The van der Waals surface area contributed by atoms with Gasteiger partial charge < -0.3 is 24.8 Å². The van der Waals surface area contributed by atoms with Crippen molar-refractivity contribution in [3.05, 3.63) is 121 Å². The molecule has 1 aliphatic rings. The Balaban J connectivity index is 0.000000589. The molecule has 2 rings (SSSR count). The second-order valence-electron chi connectivity index (χ2n) is 9.13. The zero-order valence-electron chi connectivity index (χ0n) is 24.4. The minimum atomic E-state index is -0.422. The fourth-order valence-electron chi connectivity index (χ4n) is 3.29. The first-order valence-electron chi connectivity index (χ1n) is 13.7. The van der Waals surface area contributed by atoms with E-state index in [0.29, 0.717) is 24.4 Å². The lowest BCUT2D eigenvalue weighted by Crippen LogP contribution is -2.05. The van der Waals surface area contributed by atoms with Gasteiger partial charge in [-0.3, -0.25) is 0 Å². The van der Waals surface area contributed by atoms with Gasteiger partial charge in [0.1, 0.15) is 5.76 Å². The Morgan fingerprint density at radius 1 is 0.927 bits per heavy atom. The van der Waals surface area contributed by atoms with E-state index in [1.165, 1.54) is 6.08 Å². The average Bonchev–Trinajstić information content (AvgIpc) is 3.37. The van der Waals surface area contributed by atoms with Crippen molar-refractivity contribution in [1.82, 2.24) is 0 Å². The van der Waals surface area contributed by atoms with Crippen molar-refractivity contribution < 1.29 is 34.4 Å². The maximum Gasteiger partial charge on any atom is 0.342 e. The van der Waals surface area contributed by atoms with Crippen LogP contribution in [0.2, 0.25) is 0 Å². The highest BCUT2D eigenvalue weighted by Gasteiger charge is 2.12. The van der Waals surface area contributed by atoms with Crippen molar-refractivity contribution >= 4 is 11.9 Å². The van der Waals surface area contributed by atoms with Crippen LogP contribution in [0.25, 0.3) is 0 Å². The van der Waals surface area contributed by atoms with E-state index < -0.39 is 5.97 Å². The van der Waals surface area contributed by atoms with Crippen molar-refractivity contribution in [2.75, 3.05) is 13.2 Å². The second kappa shape index (κ2) is 23.9. The number of hydrogen-bond donors (Lipinski definition) is 3. The van der Waals surface area contributed by atoms with Crippen LogP contribution in [0.4, 0.5) is 0 Å². The molecule has 0 unspecified atom stereocenters. The Labute approximate surface area is 245 Å². The molecule has 0 fully saturated rings. The molecule has 7 heteroatoms. The molecular formula is C34H46O7. The van der Waals surface area contributed by atoms with Gasteiger partial charge in [0.15, 0.2) is 0 Å². The van der Waals surface area contributed by atoms with Crippen LogP contribution in [0.1, 0.15) is 63.0 Å². The minimum absolute atomic E-state index is 0.0559. The summed E-state index contributed by atoms with van der Waals surface area (Å²) in [6.07, 6.45) is 17.4. The van der Waals surface area contributed by atoms with Crippen LogP contribution in [-0.4, -0.2) is 40.5 Å². The first-order valence-corrected chi connectivity index (χ1v) is 13.7. The molecule has 3 N–H and O–H groups in total. The topological polar surface area (TPSA) is 113 Å².